The van der Waals surface area contributed by atoms with Crippen LogP contribution >= 0.6 is 11.8 Å². The number of amides is 1. The first-order valence-electron chi connectivity index (χ1n) is 10.2. The van der Waals surface area contributed by atoms with Crippen LogP contribution in [0.15, 0.2) is 46.4 Å². The summed E-state index contributed by atoms with van der Waals surface area (Å²) < 4.78 is 3.59. The first-order chi connectivity index (χ1) is 14.3. The number of fused-ring (bicyclic) bond motifs is 3. The molecule has 0 spiro atoms. The van der Waals surface area contributed by atoms with Crippen LogP contribution in [0.1, 0.15) is 34.1 Å². The predicted molar refractivity (Wildman–Crippen MR) is 122 cm³/mol. The number of carbonyl (C=O) groups is 1. The molecule has 0 radical (unpaired) electrons. The largest absolute Gasteiger partial charge is 0.338 e. The van der Waals surface area contributed by atoms with Crippen LogP contribution in [0.25, 0.3) is 16.7 Å². The molecule has 1 amide bonds. The Morgan fingerprint density at radius 2 is 2.00 bits per heavy atom. The third-order valence-electron chi connectivity index (χ3n) is 4.93. The van der Waals surface area contributed by atoms with Gasteiger partial charge in [-0.15, -0.1) is 10.2 Å². The summed E-state index contributed by atoms with van der Waals surface area (Å²) in [5.41, 5.74) is 1.65. The zero-order chi connectivity index (χ0) is 21.8. The van der Waals surface area contributed by atoms with Crippen molar-refractivity contribution in [2.45, 2.75) is 45.8 Å². The number of benzene rings is 1. The molecule has 1 aromatic carbocycles. The molecule has 30 heavy (non-hydrogen) atoms. The fourth-order valence-corrected chi connectivity index (χ4v) is 4.18. The number of thioether (sulfide) groups is 1. The molecule has 0 bridgehead atoms. The number of aryl methyl sites for hydroxylation is 1. The summed E-state index contributed by atoms with van der Waals surface area (Å²) in [6.07, 6.45) is 0.869. The molecule has 2 aromatic heterocycles. The molecule has 0 atom stereocenters. The Hall–Kier alpha value is -2.61. The standard InChI is InChI=1S/C22H29N5O2S/c1-6-25(13-16(4)5)19(28)14-30-22-24-23-21-26(12-11-15(2)3)20(29)17-9-7-8-10-18(17)27(21)22/h7-10,15H,4,6,11-14H2,1-3,5H3. The van der Waals surface area contributed by atoms with Crippen LogP contribution in [0, 0.1) is 5.92 Å². The summed E-state index contributed by atoms with van der Waals surface area (Å²) in [5, 5.41) is 9.87. The van der Waals surface area contributed by atoms with Gasteiger partial charge in [-0.3, -0.25) is 18.6 Å². The molecule has 160 valence electrons. The lowest BCUT2D eigenvalue weighted by Crippen LogP contribution is -2.33. The summed E-state index contributed by atoms with van der Waals surface area (Å²) in [7, 11) is 0. The van der Waals surface area contributed by atoms with E-state index in [1.54, 1.807) is 9.47 Å². The minimum absolute atomic E-state index is 0.0275. The van der Waals surface area contributed by atoms with Crippen molar-refractivity contribution in [1.29, 1.82) is 0 Å². The Morgan fingerprint density at radius 1 is 1.27 bits per heavy atom. The van der Waals surface area contributed by atoms with Crippen molar-refractivity contribution in [3.8, 4) is 0 Å². The minimum atomic E-state index is -0.0580. The number of likely N-dealkylation sites (N-methyl/N-ethyl adjacent to an activating group) is 1. The molecule has 0 unspecified atom stereocenters. The second kappa shape index (κ2) is 9.47. The second-order valence-electron chi connectivity index (χ2n) is 7.93. The van der Waals surface area contributed by atoms with Crippen molar-refractivity contribution in [1.82, 2.24) is 24.1 Å². The number of hydrogen-bond acceptors (Lipinski definition) is 5. The van der Waals surface area contributed by atoms with E-state index in [0.717, 1.165) is 17.5 Å². The van der Waals surface area contributed by atoms with Crippen LogP contribution in [0.5, 0.6) is 0 Å². The summed E-state index contributed by atoms with van der Waals surface area (Å²) in [4.78, 5) is 27.5. The SMILES string of the molecule is C=C(C)CN(CC)C(=O)CSc1nnc2n(CCC(C)C)c(=O)c3ccccc3n12. The fourth-order valence-electron chi connectivity index (χ4n) is 3.34. The van der Waals surface area contributed by atoms with E-state index in [9.17, 15) is 9.59 Å². The van der Waals surface area contributed by atoms with Gasteiger partial charge in [0.05, 0.1) is 16.7 Å². The Labute approximate surface area is 180 Å². The van der Waals surface area contributed by atoms with Gasteiger partial charge in [-0.25, -0.2) is 0 Å². The van der Waals surface area contributed by atoms with Crippen molar-refractivity contribution in [3.63, 3.8) is 0 Å². The van der Waals surface area contributed by atoms with E-state index in [-0.39, 0.29) is 17.2 Å². The quantitative estimate of drug-likeness (QED) is 0.385. The highest BCUT2D eigenvalue weighted by Crippen LogP contribution is 2.22. The molecule has 3 rings (SSSR count). The number of rotatable bonds is 9. The number of para-hydroxylation sites is 1. The average molecular weight is 428 g/mol. The van der Waals surface area contributed by atoms with Crippen LogP contribution in [0.2, 0.25) is 0 Å². The summed E-state index contributed by atoms with van der Waals surface area (Å²) in [6, 6.07) is 7.48. The zero-order valence-electron chi connectivity index (χ0n) is 18.1. The smallest absolute Gasteiger partial charge is 0.262 e. The lowest BCUT2D eigenvalue weighted by atomic mass is 10.1. The van der Waals surface area contributed by atoms with Gasteiger partial charge in [0, 0.05) is 19.6 Å². The third kappa shape index (κ3) is 4.59. The van der Waals surface area contributed by atoms with Gasteiger partial charge in [-0.2, -0.15) is 0 Å². The topological polar surface area (TPSA) is 72.5 Å². The Kier molecular flexibility index (Phi) is 6.97. The molecule has 0 aliphatic rings. The van der Waals surface area contributed by atoms with Gasteiger partial charge in [0.2, 0.25) is 11.7 Å². The van der Waals surface area contributed by atoms with Gasteiger partial charge >= 0.3 is 0 Å². The van der Waals surface area contributed by atoms with Gasteiger partial charge in [0.1, 0.15) is 0 Å². The molecule has 0 saturated heterocycles. The van der Waals surface area contributed by atoms with Gasteiger partial charge in [0.25, 0.3) is 5.56 Å². The number of carbonyl (C=O) groups excluding carboxylic acids is 1. The summed E-state index contributed by atoms with van der Waals surface area (Å²) >= 11 is 1.34. The first-order valence-corrected chi connectivity index (χ1v) is 11.2. The second-order valence-corrected chi connectivity index (χ2v) is 8.87. The van der Waals surface area contributed by atoms with Gasteiger partial charge in [-0.05, 0) is 38.3 Å². The van der Waals surface area contributed by atoms with Crippen molar-refractivity contribution in [2.75, 3.05) is 18.8 Å². The molecule has 8 heteroatoms. The molecule has 0 fully saturated rings. The fraction of sp³-hybridized carbons (Fsp3) is 0.455. The maximum Gasteiger partial charge on any atom is 0.262 e. The van der Waals surface area contributed by atoms with Gasteiger partial charge < -0.3 is 4.90 Å². The minimum Gasteiger partial charge on any atom is -0.338 e. The molecule has 0 N–H and O–H groups in total. The maximum atomic E-state index is 13.1. The van der Waals surface area contributed by atoms with Crippen LogP contribution in [0.4, 0.5) is 0 Å². The van der Waals surface area contributed by atoms with E-state index < -0.39 is 0 Å². The summed E-state index contributed by atoms with van der Waals surface area (Å²) in [6.45, 7) is 13.8. The molecule has 7 nitrogen and oxygen atoms in total. The summed E-state index contributed by atoms with van der Waals surface area (Å²) in [5.74, 6) is 1.26. The zero-order valence-corrected chi connectivity index (χ0v) is 18.9. The Morgan fingerprint density at radius 3 is 2.67 bits per heavy atom. The van der Waals surface area contributed by atoms with Crippen LogP contribution < -0.4 is 5.56 Å². The van der Waals surface area contributed by atoms with Gasteiger partial charge in [0.15, 0.2) is 5.16 Å². The molecular weight excluding hydrogens is 398 g/mol. The maximum absolute atomic E-state index is 13.1. The first kappa shape index (κ1) is 22.1. The van der Waals surface area contributed by atoms with Crippen molar-refractivity contribution in [2.24, 2.45) is 5.92 Å². The highest BCUT2D eigenvalue weighted by molar-refractivity contribution is 7.99. The molecular formula is C22H29N5O2S. The van der Waals surface area contributed by atoms with E-state index in [0.29, 0.717) is 41.9 Å². The highest BCUT2D eigenvalue weighted by Gasteiger charge is 2.19. The van der Waals surface area contributed by atoms with E-state index >= 15 is 0 Å². The number of nitrogens with zero attached hydrogens (tertiary/aromatic N) is 5. The predicted octanol–water partition coefficient (Wildman–Crippen LogP) is 3.61. The molecule has 3 aromatic rings. The van der Waals surface area contributed by atoms with Crippen LogP contribution in [-0.4, -0.2) is 48.8 Å². The Bertz CT molecular complexity index is 1130. The average Bonchev–Trinajstić information content (AvgIpc) is 3.13. The monoisotopic (exact) mass is 427 g/mol. The Balaban J connectivity index is 2.00. The van der Waals surface area contributed by atoms with Crippen LogP contribution in [0.3, 0.4) is 0 Å². The lowest BCUT2D eigenvalue weighted by molar-refractivity contribution is -0.127. The highest BCUT2D eigenvalue weighted by atomic mass is 32.2. The van der Waals surface area contributed by atoms with Crippen molar-refractivity contribution < 1.29 is 4.79 Å². The van der Waals surface area contributed by atoms with E-state index in [1.165, 1.54) is 11.8 Å². The van der Waals surface area contributed by atoms with E-state index in [1.807, 2.05) is 42.5 Å². The number of aromatic nitrogens is 4. The molecule has 0 aliphatic heterocycles. The number of hydrogen-bond donors (Lipinski definition) is 0. The molecule has 0 aliphatic carbocycles. The van der Waals surface area contributed by atoms with Crippen LogP contribution in [-0.2, 0) is 11.3 Å². The van der Waals surface area contributed by atoms with Crippen molar-refractivity contribution in [3.05, 3.63) is 46.8 Å². The molecule has 0 saturated carbocycles. The van der Waals surface area contributed by atoms with Gasteiger partial charge in [-0.1, -0.05) is 49.9 Å². The lowest BCUT2D eigenvalue weighted by Gasteiger charge is -2.20. The van der Waals surface area contributed by atoms with E-state index in [4.69, 9.17) is 0 Å². The van der Waals surface area contributed by atoms with Crippen molar-refractivity contribution >= 4 is 34.3 Å². The normalized spacial score (nSPS) is 11.5. The third-order valence-corrected chi connectivity index (χ3v) is 5.84. The molecule has 2 heterocycles. The van der Waals surface area contributed by atoms with E-state index in [2.05, 4.69) is 30.6 Å².